The number of aromatic hydroxyl groups is 2. The highest BCUT2D eigenvalue weighted by molar-refractivity contribution is 6.35. The fraction of sp³-hybridized carbons (Fsp3) is 0.211. The summed E-state index contributed by atoms with van der Waals surface area (Å²) in [5, 5.41) is 21.5. The number of hydrogen-bond donors (Lipinski definition) is 2. The Hall–Kier alpha value is -2.26. The number of carbonyl (C=O) groups excluding carboxylic acids is 1. The molecule has 1 aliphatic rings. The van der Waals surface area contributed by atoms with E-state index in [4.69, 9.17) is 11.6 Å². The second kappa shape index (κ2) is 5.74. The van der Waals surface area contributed by atoms with Crippen LogP contribution in [0.5, 0.6) is 11.5 Å². The van der Waals surface area contributed by atoms with E-state index in [9.17, 15) is 15.0 Å². The van der Waals surface area contributed by atoms with Crippen molar-refractivity contribution in [2.75, 3.05) is 0 Å². The molecule has 2 aromatic rings. The smallest absolute Gasteiger partial charge is 0.198 e. The van der Waals surface area contributed by atoms with E-state index >= 15 is 0 Å². The molecule has 0 aliphatic heterocycles. The first-order valence-electron chi connectivity index (χ1n) is 7.43. The van der Waals surface area contributed by atoms with Crippen molar-refractivity contribution in [2.45, 2.75) is 26.7 Å². The van der Waals surface area contributed by atoms with E-state index in [0.29, 0.717) is 40.1 Å². The van der Waals surface area contributed by atoms with Crippen LogP contribution in [0.1, 0.15) is 39.5 Å². The first kappa shape index (κ1) is 15.6. The molecule has 23 heavy (non-hydrogen) atoms. The number of ketones is 1. The van der Waals surface area contributed by atoms with Gasteiger partial charge in [-0.3, -0.25) is 4.79 Å². The molecule has 0 fully saturated rings. The topological polar surface area (TPSA) is 57.5 Å². The number of phenols is 2. The maximum Gasteiger partial charge on any atom is 0.198 e. The molecule has 3 rings (SSSR count). The molecule has 0 radical (unpaired) electrons. The Morgan fingerprint density at radius 3 is 2.48 bits per heavy atom. The van der Waals surface area contributed by atoms with Crippen LogP contribution in [-0.4, -0.2) is 16.0 Å². The van der Waals surface area contributed by atoms with Crippen molar-refractivity contribution in [3.05, 3.63) is 68.8 Å². The Bertz CT molecular complexity index is 850. The van der Waals surface area contributed by atoms with E-state index < -0.39 is 0 Å². The van der Waals surface area contributed by atoms with Gasteiger partial charge >= 0.3 is 0 Å². The molecule has 0 unspecified atom stereocenters. The number of phenolic OH excluding ortho intramolecular Hbond substituents is 2. The highest BCUT2D eigenvalue weighted by Gasteiger charge is 2.27. The summed E-state index contributed by atoms with van der Waals surface area (Å²) in [4.78, 5) is 12.8. The standard InChI is InChI=1S/C19H17ClO3/c1-10-7-8-12-14(9-10)17(21)11(2)16(18(12)22)19(23)13-5-3-4-6-15(13)20/h3-7,21-22H,8-9H2,1-2H3. The second-order valence-corrected chi connectivity index (χ2v) is 6.30. The molecule has 0 saturated heterocycles. The molecule has 0 bridgehead atoms. The van der Waals surface area contributed by atoms with E-state index in [0.717, 1.165) is 5.57 Å². The van der Waals surface area contributed by atoms with Crippen molar-refractivity contribution in [1.29, 1.82) is 0 Å². The maximum atomic E-state index is 12.8. The molecule has 2 N–H and O–H groups in total. The SMILES string of the molecule is CC1=CCc2c(O)c(C(=O)c3ccccc3Cl)c(C)c(O)c2C1. The fourth-order valence-corrected chi connectivity index (χ4v) is 3.28. The highest BCUT2D eigenvalue weighted by atomic mass is 35.5. The van der Waals surface area contributed by atoms with Crippen LogP contribution < -0.4 is 0 Å². The second-order valence-electron chi connectivity index (χ2n) is 5.89. The average Bonchev–Trinajstić information content (AvgIpc) is 2.53. The molecule has 0 atom stereocenters. The third-order valence-electron chi connectivity index (χ3n) is 4.36. The van der Waals surface area contributed by atoms with E-state index in [1.165, 1.54) is 0 Å². The lowest BCUT2D eigenvalue weighted by Gasteiger charge is -2.22. The minimum absolute atomic E-state index is 0.0519. The van der Waals surface area contributed by atoms with Gasteiger partial charge in [-0.2, -0.15) is 0 Å². The Labute approximate surface area is 139 Å². The van der Waals surface area contributed by atoms with Crippen LogP contribution in [-0.2, 0) is 12.8 Å². The summed E-state index contributed by atoms with van der Waals surface area (Å²) in [6.07, 6.45) is 3.08. The molecule has 2 aromatic carbocycles. The first-order chi connectivity index (χ1) is 10.9. The van der Waals surface area contributed by atoms with Crippen molar-refractivity contribution >= 4 is 17.4 Å². The Morgan fingerprint density at radius 2 is 1.78 bits per heavy atom. The zero-order valence-electron chi connectivity index (χ0n) is 13.0. The van der Waals surface area contributed by atoms with Gasteiger partial charge in [0.15, 0.2) is 5.78 Å². The molecular weight excluding hydrogens is 312 g/mol. The van der Waals surface area contributed by atoms with Gasteiger partial charge in [0.1, 0.15) is 11.5 Å². The van der Waals surface area contributed by atoms with Gasteiger partial charge in [0.2, 0.25) is 0 Å². The molecule has 0 spiro atoms. The third kappa shape index (κ3) is 2.51. The van der Waals surface area contributed by atoms with Gasteiger partial charge in [0, 0.05) is 22.3 Å². The summed E-state index contributed by atoms with van der Waals surface area (Å²) in [5.41, 5.74) is 3.29. The van der Waals surface area contributed by atoms with Crippen molar-refractivity contribution in [3.8, 4) is 11.5 Å². The Morgan fingerprint density at radius 1 is 1.09 bits per heavy atom. The number of carbonyl (C=O) groups is 1. The van der Waals surface area contributed by atoms with Crippen LogP contribution in [0.3, 0.4) is 0 Å². The summed E-state index contributed by atoms with van der Waals surface area (Å²) in [6.45, 7) is 3.63. The predicted octanol–water partition coefficient (Wildman–Crippen LogP) is 4.34. The van der Waals surface area contributed by atoms with E-state index in [1.807, 2.05) is 13.0 Å². The summed E-state index contributed by atoms with van der Waals surface area (Å²) < 4.78 is 0. The number of halogens is 1. The minimum atomic E-state index is -0.380. The van der Waals surface area contributed by atoms with Gasteiger partial charge in [0.05, 0.1) is 10.6 Å². The van der Waals surface area contributed by atoms with Crippen LogP contribution in [0.15, 0.2) is 35.9 Å². The van der Waals surface area contributed by atoms with Crippen LogP contribution >= 0.6 is 11.6 Å². The summed E-state index contributed by atoms with van der Waals surface area (Å²) in [7, 11) is 0. The lowest BCUT2D eigenvalue weighted by Crippen LogP contribution is -2.11. The van der Waals surface area contributed by atoms with Crippen LogP contribution in [0.4, 0.5) is 0 Å². The lowest BCUT2D eigenvalue weighted by atomic mass is 9.85. The number of hydrogen-bond acceptors (Lipinski definition) is 3. The average molecular weight is 329 g/mol. The zero-order valence-corrected chi connectivity index (χ0v) is 13.7. The monoisotopic (exact) mass is 328 g/mol. The van der Waals surface area contributed by atoms with E-state index in [2.05, 4.69) is 0 Å². The molecule has 0 heterocycles. The Kier molecular flexibility index (Phi) is 3.90. The van der Waals surface area contributed by atoms with E-state index in [-0.39, 0.29) is 22.8 Å². The van der Waals surface area contributed by atoms with E-state index in [1.54, 1.807) is 31.2 Å². The largest absolute Gasteiger partial charge is 0.507 e. The quantitative estimate of drug-likeness (QED) is 0.490. The third-order valence-corrected chi connectivity index (χ3v) is 4.69. The number of fused-ring (bicyclic) bond motifs is 1. The van der Waals surface area contributed by atoms with Crippen LogP contribution in [0, 0.1) is 6.92 Å². The molecule has 0 saturated carbocycles. The number of rotatable bonds is 2. The predicted molar refractivity (Wildman–Crippen MR) is 90.6 cm³/mol. The number of allylic oxidation sites excluding steroid dienone is 2. The molecular formula is C19H17ClO3. The van der Waals surface area contributed by atoms with Crippen molar-refractivity contribution in [2.24, 2.45) is 0 Å². The van der Waals surface area contributed by atoms with Crippen LogP contribution in [0.25, 0.3) is 0 Å². The van der Waals surface area contributed by atoms with Gasteiger partial charge in [-0.1, -0.05) is 35.4 Å². The highest BCUT2D eigenvalue weighted by Crippen LogP contribution is 2.42. The zero-order chi connectivity index (χ0) is 16.7. The van der Waals surface area contributed by atoms with Gasteiger partial charge in [-0.05, 0) is 38.8 Å². The van der Waals surface area contributed by atoms with Crippen molar-refractivity contribution in [1.82, 2.24) is 0 Å². The summed E-state index contributed by atoms with van der Waals surface area (Å²) >= 11 is 6.10. The van der Waals surface area contributed by atoms with Gasteiger partial charge < -0.3 is 10.2 Å². The minimum Gasteiger partial charge on any atom is -0.507 e. The summed E-state index contributed by atoms with van der Waals surface area (Å²) in [5.74, 6) is -0.348. The normalized spacial score (nSPS) is 13.4. The van der Waals surface area contributed by atoms with Gasteiger partial charge in [-0.25, -0.2) is 0 Å². The van der Waals surface area contributed by atoms with Crippen molar-refractivity contribution < 1.29 is 15.0 Å². The fourth-order valence-electron chi connectivity index (χ4n) is 3.05. The molecule has 0 aromatic heterocycles. The van der Waals surface area contributed by atoms with Gasteiger partial charge in [0.25, 0.3) is 0 Å². The molecule has 0 amide bonds. The van der Waals surface area contributed by atoms with Gasteiger partial charge in [-0.15, -0.1) is 0 Å². The van der Waals surface area contributed by atoms with Crippen molar-refractivity contribution in [3.63, 3.8) is 0 Å². The number of benzene rings is 2. The lowest BCUT2D eigenvalue weighted by molar-refractivity contribution is 0.103. The molecule has 1 aliphatic carbocycles. The first-order valence-corrected chi connectivity index (χ1v) is 7.80. The van der Waals surface area contributed by atoms with Crippen LogP contribution in [0.2, 0.25) is 5.02 Å². The Balaban J connectivity index is 2.21. The summed E-state index contributed by atoms with van der Waals surface area (Å²) in [6, 6.07) is 6.70. The molecule has 118 valence electrons. The molecule has 3 nitrogen and oxygen atoms in total. The maximum absolute atomic E-state index is 12.8. The molecule has 4 heteroatoms.